The number of carbonyl (C=O) groups excluding carboxylic acids is 1. The highest BCUT2D eigenvalue weighted by molar-refractivity contribution is 9.10. The Labute approximate surface area is 284 Å². The van der Waals surface area contributed by atoms with Crippen LogP contribution in [-0.4, -0.2) is 49.8 Å². The molecule has 13 heteroatoms. The Kier molecular flexibility index (Phi) is 10.9. The van der Waals surface area contributed by atoms with Crippen LogP contribution in [0.25, 0.3) is 0 Å². The van der Waals surface area contributed by atoms with Crippen molar-refractivity contribution >= 4 is 37.6 Å². The van der Waals surface area contributed by atoms with Crippen molar-refractivity contribution in [3.05, 3.63) is 130 Å². The lowest BCUT2D eigenvalue weighted by Crippen LogP contribution is -2.49. The normalized spacial score (nSPS) is 17.8. The summed E-state index contributed by atoms with van der Waals surface area (Å²) in [7, 11) is -3.93. The van der Waals surface area contributed by atoms with Crippen molar-refractivity contribution in [2.45, 2.75) is 42.1 Å². The summed E-state index contributed by atoms with van der Waals surface area (Å²) < 4.78 is 81.0. The number of rotatable bonds is 13. The van der Waals surface area contributed by atoms with Crippen LogP contribution < -0.4 is 10.1 Å². The van der Waals surface area contributed by atoms with Crippen LogP contribution in [0.4, 0.5) is 13.2 Å². The molecule has 1 aliphatic heterocycles. The van der Waals surface area contributed by atoms with Gasteiger partial charge in [-0.25, -0.2) is 13.4 Å². The number of amides is 1. The maximum absolute atomic E-state index is 14.4. The molecule has 2 atom stereocenters. The topological polar surface area (TPSA) is 114 Å². The molecule has 8 nitrogen and oxygen atoms in total. The predicted octanol–water partition coefficient (Wildman–Crippen LogP) is 6.67. The van der Waals surface area contributed by atoms with Crippen LogP contribution in [-0.2, 0) is 32.1 Å². The van der Waals surface area contributed by atoms with Crippen LogP contribution in [0.5, 0.6) is 5.75 Å². The molecule has 4 aromatic carbocycles. The lowest BCUT2D eigenvalue weighted by Gasteiger charge is -2.31. The van der Waals surface area contributed by atoms with Gasteiger partial charge in [0.05, 0.1) is 22.8 Å². The zero-order valence-electron chi connectivity index (χ0n) is 25.5. The quantitative estimate of drug-likeness (QED) is 0.148. The number of aliphatic hydroxyl groups is 1. The van der Waals surface area contributed by atoms with Crippen molar-refractivity contribution in [1.82, 2.24) is 5.32 Å². The van der Waals surface area contributed by atoms with Gasteiger partial charge in [-0.3, -0.25) is 4.79 Å². The number of halogens is 4. The molecule has 0 radical (unpaired) electrons. The van der Waals surface area contributed by atoms with Crippen LogP contribution in [0.2, 0.25) is 0 Å². The highest BCUT2D eigenvalue weighted by Gasteiger charge is 2.54. The first-order chi connectivity index (χ1) is 22.9. The maximum atomic E-state index is 14.4. The second-order valence-electron chi connectivity index (χ2n) is 11.0. The lowest BCUT2D eigenvalue weighted by atomic mass is 9.85. The fourth-order valence-corrected chi connectivity index (χ4v) is 7.23. The molecule has 0 saturated carbocycles. The monoisotopic (exact) mass is 744 g/mol. The molecule has 0 aliphatic carbocycles. The first-order valence-corrected chi connectivity index (χ1v) is 17.5. The van der Waals surface area contributed by atoms with E-state index in [1.807, 2.05) is 0 Å². The van der Waals surface area contributed by atoms with Crippen LogP contribution in [0.15, 0.2) is 117 Å². The zero-order valence-corrected chi connectivity index (χ0v) is 27.9. The Balaban J connectivity index is 1.57. The molecule has 0 bridgehead atoms. The Morgan fingerprint density at radius 2 is 1.62 bits per heavy atom. The molecule has 5 rings (SSSR count). The molecule has 1 aliphatic rings. The summed E-state index contributed by atoms with van der Waals surface area (Å²) in [6.07, 6.45) is -5.72. The molecule has 1 heterocycles. The van der Waals surface area contributed by atoms with Gasteiger partial charge in [0, 0.05) is 41.6 Å². The number of aliphatic hydroxyl groups excluding tert-OH is 1. The van der Waals surface area contributed by atoms with Gasteiger partial charge in [0.1, 0.15) is 5.75 Å². The number of nitrogens with zero attached hydrogens (tertiary/aromatic N) is 1. The van der Waals surface area contributed by atoms with E-state index in [0.717, 1.165) is 6.07 Å². The third-order valence-electron chi connectivity index (χ3n) is 7.83. The smallest absolute Gasteiger partial charge is 0.416 e. The Hall–Kier alpha value is -4.20. The van der Waals surface area contributed by atoms with Crippen LogP contribution >= 0.6 is 15.9 Å². The average Bonchev–Trinajstić information content (AvgIpc) is 3.48. The molecule has 0 unspecified atom stereocenters. The summed E-state index contributed by atoms with van der Waals surface area (Å²) in [4.78, 5) is 19.2. The molecule has 4 aromatic rings. The number of benzene rings is 4. The third kappa shape index (κ3) is 7.91. The molecular weight excluding hydrogens is 713 g/mol. The molecule has 1 amide bonds. The van der Waals surface area contributed by atoms with E-state index in [-0.39, 0.29) is 29.4 Å². The van der Waals surface area contributed by atoms with Crippen molar-refractivity contribution < 1.29 is 41.0 Å². The van der Waals surface area contributed by atoms with Crippen molar-refractivity contribution in [2.75, 3.05) is 19.0 Å². The second-order valence-corrected chi connectivity index (χ2v) is 14.0. The summed E-state index contributed by atoms with van der Waals surface area (Å²) in [5, 5.41) is 11.7. The highest BCUT2D eigenvalue weighted by Crippen LogP contribution is 2.45. The average molecular weight is 746 g/mol. The highest BCUT2D eigenvalue weighted by atomic mass is 79.9. The van der Waals surface area contributed by atoms with Crippen molar-refractivity contribution in [3.63, 3.8) is 0 Å². The fourth-order valence-electron chi connectivity index (χ4n) is 5.35. The molecule has 252 valence electrons. The van der Waals surface area contributed by atoms with E-state index in [0.29, 0.717) is 34.4 Å². The number of carbonyl (C=O) groups is 1. The summed E-state index contributed by atoms with van der Waals surface area (Å²) in [6.45, 7) is -0.214. The van der Waals surface area contributed by atoms with Gasteiger partial charge >= 0.3 is 6.18 Å². The Morgan fingerprint density at radius 1 is 0.958 bits per heavy atom. The number of ether oxygens (including phenoxy) is 2. The Morgan fingerprint density at radius 3 is 2.31 bits per heavy atom. The predicted molar refractivity (Wildman–Crippen MR) is 177 cm³/mol. The van der Waals surface area contributed by atoms with Crippen molar-refractivity contribution in [3.8, 4) is 5.75 Å². The van der Waals surface area contributed by atoms with Crippen LogP contribution in [0.3, 0.4) is 0 Å². The van der Waals surface area contributed by atoms with Gasteiger partial charge in [0.15, 0.2) is 21.5 Å². The van der Waals surface area contributed by atoms with Crippen LogP contribution in [0, 0.1) is 0 Å². The largest absolute Gasteiger partial charge is 0.494 e. The second kappa shape index (κ2) is 14.9. The molecule has 2 N–H and O–H groups in total. The van der Waals surface area contributed by atoms with Gasteiger partial charge in [-0.1, -0.05) is 70.5 Å². The van der Waals surface area contributed by atoms with E-state index in [9.17, 15) is 26.4 Å². The molecule has 0 fully saturated rings. The number of hydrogen-bond donors (Lipinski definition) is 2. The number of alkyl halides is 3. The van der Waals surface area contributed by atoms with Gasteiger partial charge in [-0.15, -0.1) is 0 Å². The fraction of sp³-hybridized carbons (Fsp3) is 0.257. The maximum Gasteiger partial charge on any atom is 0.416 e. The van der Waals surface area contributed by atoms with E-state index in [1.165, 1.54) is 30.3 Å². The molecule has 0 spiro atoms. The third-order valence-corrected chi connectivity index (χ3v) is 10.3. The van der Waals surface area contributed by atoms with Gasteiger partial charge in [0.25, 0.3) is 5.91 Å². The minimum Gasteiger partial charge on any atom is -0.494 e. The van der Waals surface area contributed by atoms with E-state index < -0.39 is 51.4 Å². The Bertz CT molecular complexity index is 1870. The standard InChI is InChI=1S/C35H32BrF3N2O6S/c36-30-14-7-5-12-28(30)31-34(19-22-48(44,45)27-10-2-1-3-11-27,33(43)40-23-25-9-4-6-13-29(25)35(37,38)39)41-32(47-31)24-15-17-26(18-16-24)46-21-8-20-42/h1-7,9-18,31,42H,8,19-23H2,(H,40,43)/t31-,34-/m1/s1. The molecular formula is C35H32BrF3N2O6S. The zero-order chi connectivity index (χ0) is 34.4. The summed E-state index contributed by atoms with van der Waals surface area (Å²) in [5.41, 5.74) is -2.03. The first kappa shape index (κ1) is 35.1. The first-order valence-electron chi connectivity index (χ1n) is 15.0. The molecule has 48 heavy (non-hydrogen) atoms. The van der Waals surface area contributed by atoms with Crippen molar-refractivity contribution in [2.24, 2.45) is 4.99 Å². The minimum absolute atomic E-state index is 0.0227. The van der Waals surface area contributed by atoms with Gasteiger partial charge < -0.3 is 19.9 Å². The number of nitrogens with one attached hydrogen (secondary N) is 1. The van der Waals surface area contributed by atoms with E-state index >= 15 is 0 Å². The lowest BCUT2D eigenvalue weighted by molar-refractivity contribution is -0.138. The van der Waals surface area contributed by atoms with Gasteiger partial charge in [0.2, 0.25) is 5.90 Å². The molecule has 0 aromatic heterocycles. The van der Waals surface area contributed by atoms with Crippen molar-refractivity contribution in [1.29, 1.82) is 0 Å². The summed E-state index contributed by atoms with van der Waals surface area (Å²) >= 11 is 3.52. The van der Waals surface area contributed by atoms with Gasteiger partial charge in [-0.05, 0) is 54.1 Å². The number of aliphatic imine (C=N–C) groups is 1. The van der Waals surface area contributed by atoms with Gasteiger partial charge in [-0.2, -0.15) is 13.2 Å². The molecule has 0 saturated heterocycles. The number of sulfone groups is 1. The van der Waals surface area contributed by atoms with E-state index in [4.69, 9.17) is 19.6 Å². The summed E-state index contributed by atoms with van der Waals surface area (Å²) in [5.74, 6) is -0.750. The number of hydrogen-bond acceptors (Lipinski definition) is 7. The van der Waals surface area contributed by atoms with Crippen LogP contribution in [0.1, 0.15) is 41.2 Å². The minimum atomic E-state index is -4.66. The van der Waals surface area contributed by atoms with E-state index in [2.05, 4.69) is 21.2 Å². The van der Waals surface area contributed by atoms with E-state index in [1.54, 1.807) is 66.7 Å². The summed E-state index contributed by atoms with van der Waals surface area (Å²) in [6, 6.07) is 26.2. The SMILES string of the molecule is O=C(NCc1ccccc1C(F)(F)F)[C@]1(CCS(=O)(=O)c2ccccc2)N=C(c2ccc(OCCCO)cc2)O[C@@H]1c1ccccc1Br.